The highest BCUT2D eigenvalue weighted by atomic mass is 32.2. The van der Waals surface area contributed by atoms with E-state index >= 15 is 0 Å². The van der Waals surface area contributed by atoms with Crippen LogP contribution in [0.4, 0.5) is 0 Å². The molecule has 2 rings (SSSR count). The summed E-state index contributed by atoms with van der Waals surface area (Å²) in [5, 5.41) is 3.49. The minimum Gasteiger partial charge on any atom is -0.317 e. The Morgan fingerprint density at radius 2 is 2.27 bits per heavy atom. The summed E-state index contributed by atoms with van der Waals surface area (Å²) in [6.07, 6.45) is 4.24. The number of thioether (sulfide) groups is 1. The maximum atomic E-state index is 3.49. The van der Waals surface area contributed by atoms with E-state index in [1.165, 1.54) is 43.9 Å². The largest absolute Gasteiger partial charge is 0.317 e. The van der Waals surface area contributed by atoms with E-state index in [0.29, 0.717) is 0 Å². The minimum absolute atomic E-state index is 0.784. The molecule has 3 heteroatoms. The monoisotopic (exact) mass is 228 g/mol. The van der Waals surface area contributed by atoms with Crippen molar-refractivity contribution >= 4 is 11.8 Å². The van der Waals surface area contributed by atoms with Crippen molar-refractivity contribution in [1.29, 1.82) is 0 Å². The van der Waals surface area contributed by atoms with Crippen LogP contribution in [0, 0.1) is 5.92 Å². The molecule has 0 aromatic heterocycles. The van der Waals surface area contributed by atoms with Gasteiger partial charge in [-0.05, 0) is 32.7 Å². The van der Waals surface area contributed by atoms with Gasteiger partial charge in [-0.15, -0.1) is 0 Å². The normalized spacial score (nSPS) is 38.4. The van der Waals surface area contributed by atoms with Gasteiger partial charge in [0.05, 0.1) is 0 Å². The zero-order chi connectivity index (χ0) is 10.7. The molecule has 0 aromatic carbocycles. The van der Waals surface area contributed by atoms with Crippen LogP contribution in [0.25, 0.3) is 0 Å². The van der Waals surface area contributed by atoms with Gasteiger partial charge in [0.2, 0.25) is 0 Å². The van der Waals surface area contributed by atoms with Gasteiger partial charge in [-0.25, -0.2) is 0 Å². The lowest BCUT2D eigenvalue weighted by Crippen LogP contribution is -2.45. The first-order chi connectivity index (χ1) is 7.31. The summed E-state index contributed by atoms with van der Waals surface area (Å²) in [6.45, 7) is 5.02. The standard InChI is InChI=1S/C12H24N2S/c1-10-9-15-7-6-14(10)8-11-4-3-5-12(11)13-2/h10-13H,3-9H2,1-2H3. The molecule has 0 amide bonds. The van der Waals surface area contributed by atoms with Gasteiger partial charge in [0.15, 0.2) is 0 Å². The van der Waals surface area contributed by atoms with Crippen molar-refractivity contribution in [2.24, 2.45) is 5.92 Å². The molecule has 2 nitrogen and oxygen atoms in total. The summed E-state index contributed by atoms with van der Waals surface area (Å²) in [6, 6.07) is 1.58. The molecule has 1 N–H and O–H groups in total. The number of rotatable bonds is 3. The highest BCUT2D eigenvalue weighted by molar-refractivity contribution is 7.99. The summed E-state index contributed by atoms with van der Waals surface area (Å²) in [5.41, 5.74) is 0. The third-order valence-electron chi connectivity index (χ3n) is 4.00. The molecule has 0 spiro atoms. The molecule has 0 radical (unpaired) electrons. The van der Waals surface area contributed by atoms with E-state index in [2.05, 4.69) is 35.9 Å². The highest BCUT2D eigenvalue weighted by Crippen LogP contribution is 2.28. The van der Waals surface area contributed by atoms with Gasteiger partial charge in [0, 0.05) is 36.7 Å². The van der Waals surface area contributed by atoms with Gasteiger partial charge in [-0.2, -0.15) is 11.8 Å². The Labute approximate surface area is 98.2 Å². The zero-order valence-electron chi connectivity index (χ0n) is 10.0. The molecule has 2 aliphatic rings. The molecule has 1 heterocycles. The van der Waals surface area contributed by atoms with Gasteiger partial charge in [-0.3, -0.25) is 4.90 Å². The van der Waals surface area contributed by atoms with Gasteiger partial charge in [0.25, 0.3) is 0 Å². The highest BCUT2D eigenvalue weighted by Gasteiger charge is 2.29. The molecule has 0 aromatic rings. The first-order valence-electron chi connectivity index (χ1n) is 6.30. The third-order valence-corrected chi connectivity index (χ3v) is 5.19. The van der Waals surface area contributed by atoms with E-state index in [0.717, 1.165) is 18.0 Å². The van der Waals surface area contributed by atoms with Gasteiger partial charge < -0.3 is 5.32 Å². The van der Waals surface area contributed by atoms with Gasteiger partial charge in [0.1, 0.15) is 0 Å². The summed E-state index contributed by atoms with van der Waals surface area (Å²) >= 11 is 2.11. The zero-order valence-corrected chi connectivity index (χ0v) is 10.9. The summed E-state index contributed by atoms with van der Waals surface area (Å²) in [7, 11) is 2.12. The van der Waals surface area contributed by atoms with Crippen molar-refractivity contribution < 1.29 is 0 Å². The Hall–Kier alpha value is 0.270. The van der Waals surface area contributed by atoms with Crippen molar-refractivity contribution in [3.63, 3.8) is 0 Å². The smallest absolute Gasteiger partial charge is 0.0158 e. The van der Waals surface area contributed by atoms with Crippen molar-refractivity contribution in [2.75, 3.05) is 31.6 Å². The summed E-state index contributed by atoms with van der Waals surface area (Å²) < 4.78 is 0. The van der Waals surface area contributed by atoms with Crippen LogP contribution < -0.4 is 5.32 Å². The molecule has 1 saturated carbocycles. The lowest BCUT2D eigenvalue weighted by Gasteiger charge is -2.36. The lowest BCUT2D eigenvalue weighted by atomic mass is 10.0. The molecule has 1 aliphatic carbocycles. The second-order valence-electron chi connectivity index (χ2n) is 5.01. The van der Waals surface area contributed by atoms with Crippen LogP contribution >= 0.6 is 11.8 Å². The van der Waals surface area contributed by atoms with E-state index in [1.807, 2.05) is 0 Å². The minimum atomic E-state index is 0.784. The quantitative estimate of drug-likeness (QED) is 0.793. The first-order valence-corrected chi connectivity index (χ1v) is 7.46. The Kier molecular flexibility index (Phi) is 4.35. The van der Waals surface area contributed by atoms with E-state index in [1.54, 1.807) is 0 Å². The van der Waals surface area contributed by atoms with Crippen LogP contribution in [-0.2, 0) is 0 Å². The molecule has 0 bridgehead atoms. The fourth-order valence-corrected chi connectivity index (χ4v) is 4.05. The van der Waals surface area contributed by atoms with Crippen molar-refractivity contribution in [3.8, 4) is 0 Å². The fraction of sp³-hybridized carbons (Fsp3) is 1.00. The number of hydrogen-bond acceptors (Lipinski definition) is 3. The van der Waals surface area contributed by atoms with E-state index in [9.17, 15) is 0 Å². The van der Waals surface area contributed by atoms with Crippen LogP contribution in [0.5, 0.6) is 0 Å². The predicted molar refractivity (Wildman–Crippen MR) is 68.5 cm³/mol. The first kappa shape index (κ1) is 11.7. The van der Waals surface area contributed by atoms with E-state index in [-0.39, 0.29) is 0 Å². The molecule has 1 saturated heterocycles. The van der Waals surface area contributed by atoms with Gasteiger partial charge >= 0.3 is 0 Å². The summed E-state index contributed by atoms with van der Waals surface area (Å²) in [4.78, 5) is 2.71. The SMILES string of the molecule is CNC1CCCC1CN1CCSCC1C. The second-order valence-corrected chi connectivity index (χ2v) is 6.15. The topological polar surface area (TPSA) is 15.3 Å². The Morgan fingerprint density at radius 3 is 3.00 bits per heavy atom. The van der Waals surface area contributed by atoms with Crippen LogP contribution in [-0.4, -0.2) is 48.6 Å². The van der Waals surface area contributed by atoms with Crippen molar-refractivity contribution in [3.05, 3.63) is 0 Å². The van der Waals surface area contributed by atoms with E-state index < -0.39 is 0 Å². The van der Waals surface area contributed by atoms with E-state index in [4.69, 9.17) is 0 Å². The number of nitrogens with one attached hydrogen (secondary N) is 1. The lowest BCUT2D eigenvalue weighted by molar-refractivity contribution is 0.185. The average molecular weight is 228 g/mol. The Balaban J connectivity index is 1.84. The second kappa shape index (κ2) is 5.55. The maximum Gasteiger partial charge on any atom is 0.0158 e. The summed E-state index contributed by atoms with van der Waals surface area (Å²) in [5.74, 6) is 3.57. The van der Waals surface area contributed by atoms with Crippen LogP contribution in [0.1, 0.15) is 26.2 Å². The maximum absolute atomic E-state index is 3.49. The third kappa shape index (κ3) is 2.89. The van der Waals surface area contributed by atoms with Crippen molar-refractivity contribution in [1.82, 2.24) is 10.2 Å². The van der Waals surface area contributed by atoms with Crippen molar-refractivity contribution in [2.45, 2.75) is 38.3 Å². The number of hydrogen-bond donors (Lipinski definition) is 1. The van der Waals surface area contributed by atoms with Crippen LogP contribution in [0.3, 0.4) is 0 Å². The molecule has 2 fully saturated rings. The van der Waals surface area contributed by atoms with Crippen LogP contribution in [0.15, 0.2) is 0 Å². The molecular formula is C12H24N2S. The molecular weight excluding hydrogens is 204 g/mol. The van der Waals surface area contributed by atoms with Crippen LogP contribution in [0.2, 0.25) is 0 Å². The fourth-order valence-electron chi connectivity index (χ4n) is 2.97. The average Bonchev–Trinajstić information content (AvgIpc) is 2.69. The Morgan fingerprint density at radius 1 is 1.40 bits per heavy atom. The molecule has 3 unspecified atom stereocenters. The van der Waals surface area contributed by atoms with Gasteiger partial charge in [-0.1, -0.05) is 6.42 Å². The molecule has 15 heavy (non-hydrogen) atoms. The predicted octanol–water partition coefficient (Wildman–Crippen LogP) is 1.81. The number of nitrogens with zero attached hydrogens (tertiary/aromatic N) is 1. The molecule has 3 atom stereocenters. The Bertz CT molecular complexity index is 198. The molecule has 88 valence electrons. The molecule has 1 aliphatic heterocycles.